The fraction of sp³-hybridized carbons (Fsp3) is 0.292. The van der Waals surface area contributed by atoms with Crippen LogP contribution in [0.5, 0.6) is 11.5 Å². The van der Waals surface area contributed by atoms with E-state index < -0.39 is 12.0 Å². The molecule has 1 aliphatic heterocycles. The summed E-state index contributed by atoms with van der Waals surface area (Å²) >= 11 is 5.34. The van der Waals surface area contributed by atoms with Gasteiger partial charge in [0.25, 0.3) is 5.91 Å². The molecule has 3 N–H and O–H groups in total. The van der Waals surface area contributed by atoms with Crippen molar-refractivity contribution in [2.75, 3.05) is 25.1 Å². The summed E-state index contributed by atoms with van der Waals surface area (Å²) in [6.07, 6.45) is 0. The first-order valence-corrected chi connectivity index (χ1v) is 11.0. The summed E-state index contributed by atoms with van der Waals surface area (Å²) in [5.41, 5.74) is 2.59. The molecular weight excluding hydrogens is 442 g/mol. The Hall–Kier alpha value is -3.59. The molecule has 0 bridgehead atoms. The van der Waals surface area contributed by atoms with Gasteiger partial charge in [0.15, 0.2) is 23.2 Å². The molecule has 1 unspecified atom stereocenters. The van der Waals surface area contributed by atoms with E-state index >= 15 is 0 Å². The summed E-state index contributed by atoms with van der Waals surface area (Å²) in [6, 6.07) is 14.0. The Balaban J connectivity index is 1.90. The Morgan fingerprint density at radius 2 is 1.79 bits per heavy atom. The molecule has 1 amide bonds. The molecular formula is C24H27N3O5S. The zero-order valence-electron chi connectivity index (χ0n) is 18.8. The lowest BCUT2D eigenvalue weighted by Crippen LogP contribution is -2.45. The van der Waals surface area contributed by atoms with Gasteiger partial charge in [0.1, 0.15) is 0 Å². The zero-order valence-corrected chi connectivity index (χ0v) is 19.6. The van der Waals surface area contributed by atoms with Crippen LogP contribution in [-0.4, -0.2) is 36.8 Å². The average Bonchev–Trinajstić information content (AvgIpc) is 2.78. The van der Waals surface area contributed by atoms with E-state index in [1.54, 1.807) is 32.0 Å². The summed E-state index contributed by atoms with van der Waals surface area (Å²) in [7, 11) is 0. The Bertz CT molecular complexity index is 1060. The molecule has 0 saturated heterocycles. The van der Waals surface area contributed by atoms with Gasteiger partial charge in [0, 0.05) is 11.4 Å². The summed E-state index contributed by atoms with van der Waals surface area (Å²) in [5.74, 6) is 0.131. The topological polar surface area (TPSA) is 97.9 Å². The van der Waals surface area contributed by atoms with Gasteiger partial charge in [0.2, 0.25) is 0 Å². The number of thiocarbonyl (C=S) groups is 1. The van der Waals surface area contributed by atoms with Crippen LogP contribution in [0.1, 0.15) is 32.4 Å². The molecule has 2 aromatic rings. The third kappa shape index (κ3) is 6.23. The maximum absolute atomic E-state index is 13.2. The van der Waals surface area contributed by atoms with Crippen molar-refractivity contribution < 1.29 is 23.8 Å². The fourth-order valence-corrected chi connectivity index (χ4v) is 3.67. The Morgan fingerprint density at radius 3 is 2.48 bits per heavy atom. The molecule has 9 heteroatoms. The van der Waals surface area contributed by atoms with E-state index in [-0.39, 0.29) is 19.1 Å². The Kier molecular flexibility index (Phi) is 8.26. The van der Waals surface area contributed by atoms with E-state index in [0.29, 0.717) is 40.2 Å². The number of carbonyl (C=O) groups is 2. The third-order valence-corrected chi connectivity index (χ3v) is 5.02. The van der Waals surface area contributed by atoms with Crippen LogP contribution >= 0.6 is 12.2 Å². The third-order valence-electron chi connectivity index (χ3n) is 4.80. The fourth-order valence-electron chi connectivity index (χ4n) is 3.40. The van der Waals surface area contributed by atoms with Gasteiger partial charge in [-0.05, 0) is 62.8 Å². The number of carbonyl (C=O) groups excluding carboxylic acids is 2. The standard InChI is InChI=1S/C24H27N3O5S/c1-4-30-19-13-16(11-12-18(19)32-14-20(28)31-5-2)22-21(15(3)25-24(33)27-22)23(29)26-17-9-7-6-8-10-17/h6-13,22H,4-5,14H2,1-3H3,(H,26,29)(H2,25,27,33). The van der Waals surface area contributed by atoms with Gasteiger partial charge in [-0.15, -0.1) is 0 Å². The molecule has 33 heavy (non-hydrogen) atoms. The predicted molar refractivity (Wildman–Crippen MR) is 129 cm³/mol. The van der Waals surface area contributed by atoms with Crippen LogP contribution in [-0.2, 0) is 14.3 Å². The molecule has 0 aromatic heterocycles. The molecule has 3 rings (SSSR count). The molecule has 0 spiro atoms. The van der Waals surface area contributed by atoms with Gasteiger partial charge < -0.3 is 30.2 Å². The highest BCUT2D eigenvalue weighted by molar-refractivity contribution is 7.80. The number of esters is 1. The van der Waals surface area contributed by atoms with Crippen molar-refractivity contribution in [3.8, 4) is 11.5 Å². The number of hydrogen-bond acceptors (Lipinski definition) is 6. The molecule has 1 heterocycles. The second kappa shape index (κ2) is 11.3. The highest BCUT2D eigenvalue weighted by Gasteiger charge is 2.30. The van der Waals surface area contributed by atoms with E-state index in [4.69, 9.17) is 26.4 Å². The SMILES string of the molecule is CCOC(=O)COc1ccc(C2NC(=S)NC(C)=C2C(=O)Nc2ccccc2)cc1OCC. The maximum atomic E-state index is 13.2. The van der Waals surface area contributed by atoms with E-state index in [2.05, 4.69) is 16.0 Å². The first kappa shape index (κ1) is 24.1. The molecule has 0 saturated carbocycles. The highest BCUT2D eigenvalue weighted by Crippen LogP contribution is 2.35. The minimum absolute atomic E-state index is 0.229. The second-order valence-electron chi connectivity index (χ2n) is 7.12. The molecule has 0 radical (unpaired) electrons. The lowest BCUT2D eigenvalue weighted by Gasteiger charge is -2.30. The van der Waals surface area contributed by atoms with Crippen LogP contribution in [0.15, 0.2) is 59.8 Å². The van der Waals surface area contributed by atoms with Crippen molar-refractivity contribution in [2.45, 2.75) is 26.8 Å². The number of ether oxygens (including phenoxy) is 3. The van der Waals surface area contributed by atoms with E-state index in [1.165, 1.54) is 0 Å². The Morgan fingerprint density at radius 1 is 1.03 bits per heavy atom. The van der Waals surface area contributed by atoms with E-state index in [9.17, 15) is 9.59 Å². The van der Waals surface area contributed by atoms with Gasteiger partial charge in [-0.3, -0.25) is 4.79 Å². The van der Waals surface area contributed by atoms with Gasteiger partial charge >= 0.3 is 5.97 Å². The van der Waals surface area contributed by atoms with Gasteiger partial charge in [-0.1, -0.05) is 24.3 Å². The number of rotatable bonds is 9. The summed E-state index contributed by atoms with van der Waals surface area (Å²) in [5, 5.41) is 9.53. The second-order valence-corrected chi connectivity index (χ2v) is 7.53. The van der Waals surface area contributed by atoms with Crippen molar-refractivity contribution >= 4 is 34.9 Å². The lowest BCUT2D eigenvalue weighted by atomic mass is 9.94. The number of hydrogen-bond donors (Lipinski definition) is 3. The van der Waals surface area contributed by atoms with Crippen LogP contribution in [0.4, 0.5) is 5.69 Å². The molecule has 8 nitrogen and oxygen atoms in total. The highest BCUT2D eigenvalue weighted by atomic mass is 32.1. The summed E-state index contributed by atoms with van der Waals surface area (Å²) in [6.45, 7) is 5.83. The van der Waals surface area contributed by atoms with Gasteiger partial charge in [-0.25, -0.2) is 4.79 Å². The summed E-state index contributed by atoms with van der Waals surface area (Å²) in [4.78, 5) is 24.9. The van der Waals surface area contributed by atoms with Crippen molar-refractivity contribution in [3.63, 3.8) is 0 Å². The molecule has 0 aliphatic carbocycles. The van der Waals surface area contributed by atoms with Crippen LogP contribution in [0.25, 0.3) is 0 Å². The van der Waals surface area contributed by atoms with Crippen molar-refractivity contribution in [2.24, 2.45) is 0 Å². The molecule has 2 aromatic carbocycles. The minimum atomic E-state index is -0.513. The lowest BCUT2D eigenvalue weighted by molar-refractivity contribution is -0.145. The predicted octanol–water partition coefficient (Wildman–Crippen LogP) is 3.46. The van der Waals surface area contributed by atoms with E-state index in [0.717, 1.165) is 5.56 Å². The van der Waals surface area contributed by atoms with E-state index in [1.807, 2.05) is 37.3 Å². The van der Waals surface area contributed by atoms with Crippen molar-refractivity contribution in [1.29, 1.82) is 0 Å². The Labute approximate surface area is 198 Å². The zero-order chi connectivity index (χ0) is 23.8. The van der Waals surface area contributed by atoms with Gasteiger partial charge in [-0.2, -0.15) is 0 Å². The number of benzene rings is 2. The van der Waals surface area contributed by atoms with Crippen LogP contribution < -0.4 is 25.4 Å². The van der Waals surface area contributed by atoms with Crippen LogP contribution in [0.3, 0.4) is 0 Å². The molecule has 1 aliphatic rings. The largest absolute Gasteiger partial charge is 0.490 e. The van der Waals surface area contributed by atoms with Crippen LogP contribution in [0, 0.1) is 0 Å². The number of para-hydroxylation sites is 1. The number of anilines is 1. The normalized spacial score (nSPS) is 15.2. The minimum Gasteiger partial charge on any atom is -0.490 e. The molecule has 0 fully saturated rings. The quantitative estimate of drug-likeness (QED) is 0.380. The number of amides is 1. The molecule has 174 valence electrons. The van der Waals surface area contributed by atoms with Crippen molar-refractivity contribution in [1.82, 2.24) is 10.6 Å². The van der Waals surface area contributed by atoms with Crippen LogP contribution in [0.2, 0.25) is 0 Å². The number of nitrogens with one attached hydrogen (secondary N) is 3. The summed E-state index contributed by atoms with van der Waals surface area (Å²) < 4.78 is 16.2. The smallest absolute Gasteiger partial charge is 0.344 e. The van der Waals surface area contributed by atoms with Crippen molar-refractivity contribution in [3.05, 3.63) is 65.4 Å². The first-order valence-electron chi connectivity index (χ1n) is 10.6. The molecule has 1 atom stereocenters. The first-order chi connectivity index (χ1) is 15.9. The number of allylic oxidation sites excluding steroid dienone is 1. The average molecular weight is 470 g/mol. The van der Waals surface area contributed by atoms with Gasteiger partial charge in [0.05, 0.1) is 24.8 Å². The monoisotopic (exact) mass is 469 g/mol. The maximum Gasteiger partial charge on any atom is 0.344 e.